The van der Waals surface area contributed by atoms with Crippen molar-refractivity contribution in [3.05, 3.63) is 54.4 Å². The Balaban J connectivity index is 1.86. The fourth-order valence-corrected chi connectivity index (χ4v) is 2.84. The highest BCUT2D eigenvalue weighted by atomic mass is 16.7. The van der Waals surface area contributed by atoms with Gasteiger partial charge in [0.05, 0.1) is 11.2 Å². The molecule has 0 atom stereocenters. The molecule has 0 bridgehead atoms. The van der Waals surface area contributed by atoms with Crippen molar-refractivity contribution in [2.24, 2.45) is 0 Å². The fraction of sp³-hybridized carbons (Fsp3) is 0.421. The van der Waals surface area contributed by atoms with Crippen LogP contribution >= 0.6 is 0 Å². The molecule has 0 radical (unpaired) electrons. The summed E-state index contributed by atoms with van der Waals surface area (Å²) >= 11 is 0. The van der Waals surface area contributed by atoms with Crippen molar-refractivity contribution < 1.29 is 9.31 Å². The van der Waals surface area contributed by atoms with Crippen LogP contribution in [-0.2, 0) is 15.9 Å². The Morgan fingerprint density at radius 2 is 1.62 bits per heavy atom. The maximum absolute atomic E-state index is 6.20. The molecule has 3 rings (SSSR count). The van der Waals surface area contributed by atoms with Gasteiger partial charge in [-0.25, -0.2) is 0 Å². The van der Waals surface area contributed by atoms with E-state index in [1.165, 1.54) is 5.56 Å². The van der Waals surface area contributed by atoms with Gasteiger partial charge in [-0.05, 0) is 39.3 Å². The third kappa shape index (κ3) is 3.19. The van der Waals surface area contributed by atoms with E-state index in [-0.39, 0.29) is 11.2 Å². The summed E-state index contributed by atoms with van der Waals surface area (Å²) in [6.07, 6.45) is 3.66. The Kier molecular flexibility index (Phi) is 4.41. The van der Waals surface area contributed by atoms with Crippen molar-refractivity contribution in [3.8, 4) is 0 Å². The fourth-order valence-electron chi connectivity index (χ4n) is 2.84. The Morgan fingerprint density at radius 3 is 2.25 bits per heavy atom. The van der Waals surface area contributed by atoms with Crippen LogP contribution in [-0.4, -0.2) is 30.4 Å². The van der Waals surface area contributed by atoms with Crippen LogP contribution in [0.5, 0.6) is 0 Å². The van der Waals surface area contributed by atoms with E-state index >= 15 is 0 Å². The van der Waals surface area contributed by atoms with Gasteiger partial charge in [-0.3, -0.25) is 4.98 Å². The van der Waals surface area contributed by atoms with Crippen LogP contribution < -0.4 is 10.4 Å². The Labute approximate surface area is 145 Å². The first kappa shape index (κ1) is 17.0. The predicted octanol–water partition coefficient (Wildman–Crippen LogP) is 3.02. The van der Waals surface area contributed by atoms with Gasteiger partial charge in [0.1, 0.15) is 0 Å². The first-order valence-corrected chi connectivity index (χ1v) is 8.35. The topological polar surface area (TPSA) is 34.6 Å². The molecule has 2 aromatic rings. The highest BCUT2D eigenvalue weighted by Crippen LogP contribution is 2.37. The van der Waals surface area contributed by atoms with Gasteiger partial charge in [0, 0.05) is 37.1 Å². The smallest absolute Gasteiger partial charge is 0.399 e. The molecule has 0 N–H and O–H groups in total. The van der Waals surface area contributed by atoms with E-state index < -0.39 is 7.12 Å². The lowest BCUT2D eigenvalue weighted by Crippen LogP contribution is -2.41. The molecule has 1 aliphatic rings. The second-order valence-corrected chi connectivity index (χ2v) is 7.36. The largest absolute Gasteiger partial charge is 0.498 e. The Morgan fingerprint density at radius 1 is 1.00 bits per heavy atom. The monoisotopic (exact) mass is 324 g/mol. The molecular weight excluding hydrogens is 299 g/mol. The van der Waals surface area contributed by atoms with E-state index in [4.69, 9.17) is 9.31 Å². The van der Waals surface area contributed by atoms with E-state index in [1.807, 2.05) is 24.5 Å². The lowest BCUT2D eigenvalue weighted by atomic mass is 9.78. The highest BCUT2D eigenvalue weighted by molar-refractivity contribution is 6.63. The Bertz CT molecular complexity index is 688. The zero-order valence-electron chi connectivity index (χ0n) is 15.1. The molecule has 5 heteroatoms. The zero-order valence-corrected chi connectivity index (χ0v) is 15.1. The minimum atomic E-state index is -0.406. The molecule has 4 nitrogen and oxygen atoms in total. The molecule has 1 fully saturated rings. The van der Waals surface area contributed by atoms with Gasteiger partial charge >= 0.3 is 7.12 Å². The molecule has 2 heterocycles. The van der Waals surface area contributed by atoms with Crippen molar-refractivity contribution >= 4 is 18.3 Å². The minimum absolute atomic E-state index is 0.358. The molecule has 0 saturated carbocycles. The number of hydrogen-bond acceptors (Lipinski definition) is 4. The van der Waals surface area contributed by atoms with Gasteiger partial charge in [-0.15, -0.1) is 0 Å². The SMILES string of the molecule is CN(Cc1ccccc1)c1ccncc1B1OC(C)(C)C(C)(C)O1. The summed E-state index contributed by atoms with van der Waals surface area (Å²) in [5.74, 6) is 0. The predicted molar refractivity (Wildman–Crippen MR) is 98.5 cm³/mol. The summed E-state index contributed by atoms with van der Waals surface area (Å²) in [6, 6.07) is 12.4. The molecule has 1 aromatic carbocycles. The summed E-state index contributed by atoms with van der Waals surface area (Å²) in [6.45, 7) is 9.08. The number of anilines is 1. The van der Waals surface area contributed by atoms with Gasteiger partial charge in [0.15, 0.2) is 0 Å². The van der Waals surface area contributed by atoms with E-state index in [9.17, 15) is 0 Å². The van der Waals surface area contributed by atoms with Crippen molar-refractivity contribution in [3.63, 3.8) is 0 Å². The zero-order chi connectivity index (χ0) is 17.4. The van der Waals surface area contributed by atoms with Gasteiger partial charge in [-0.1, -0.05) is 30.3 Å². The third-order valence-corrected chi connectivity index (χ3v) is 5.01. The van der Waals surface area contributed by atoms with Crippen LogP contribution in [0.25, 0.3) is 0 Å². The number of pyridine rings is 1. The first-order chi connectivity index (χ1) is 11.3. The maximum atomic E-state index is 6.20. The number of nitrogens with zero attached hydrogens (tertiary/aromatic N) is 2. The van der Waals surface area contributed by atoms with Crippen LogP contribution in [0.4, 0.5) is 5.69 Å². The van der Waals surface area contributed by atoms with Crippen LogP contribution in [0.3, 0.4) is 0 Å². The summed E-state index contributed by atoms with van der Waals surface area (Å²) in [5.41, 5.74) is 2.59. The molecule has 0 unspecified atom stereocenters. The molecule has 1 saturated heterocycles. The quantitative estimate of drug-likeness (QED) is 0.810. The van der Waals surface area contributed by atoms with Crippen molar-refractivity contribution in [1.82, 2.24) is 4.98 Å². The van der Waals surface area contributed by atoms with Gasteiger partial charge in [0.2, 0.25) is 0 Å². The lowest BCUT2D eigenvalue weighted by Gasteiger charge is -2.32. The molecule has 24 heavy (non-hydrogen) atoms. The van der Waals surface area contributed by atoms with Crippen LogP contribution in [0.2, 0.25) is 0 Å². The average Bonchev–Trinajstić information content (AvgIpc) is 2.76. The van der Waals surface area contributed by atoms with Crippen LogP contribution in [0.15, 0.2) is 48.8 Å². The number of aromatic nitrogens is 1. The number of hydrogen-bond donors (Lipinski definition) is 0. The number of benzene rings is 1. The molecule has 126 valence electrons. The third-order valence-electron chi connectivity index (χ3n) is 5.01. The number of rotatable bonds is 4. The van der Waals surface area contributed by atoms with Crippen molar-refractivity contribution in [1.29, 1.82) is 0 Å². The van der Waals surface area contributed by atoms with Crippen molar-refractivity contribution in [2.45, 2.75) is 45.4 Å². The highest BCUT2D eigenvalue weighted by Gasteiger charge is 2.52. The summed E-state index contributed by atoms with van der Waals surface area (Å²) in [5, 5.41) is 0. The second-order valence-electron chi connectivity index (χ2n) is 7.36. The van der Waals surface area contributed by atoms with Crippen LogP contribution in [0, 0.1) is 0 Å². The molecule has 0 amide bonds. The van der Waals surface area contributed by atoms with E-state index in [0.29, 0.717) is 0 Å². The summed E-state index contributed by atoms with van der Waals surface area (Å²) in [4.78, 5) is 6.49. The summed E-state index contributed by atoms with van der Waals surface area (Å²) < 4.78 is 12.4. The van der Waals surface area contributed by atoms with Crippen molar-refractivity contribution in [2.75, 3.05) is 11.9 Å². The Hall–Kier alpha value is -1.85. The average molecular weight is 324 g/mol. The standard InChI is InChI=1S/C19H25BN2O2/c1-18(2)19(3,4)24-20(23-18)16-13-21-12-11-17(16)22(5)14-15-9-7-6-8-10-15/h6-13H,14H2,1-5H3. The van der Waals surface area contributed by atoms with E-state index in [1.54, 1.807) is 0 Å². The summed E-state index contributed by atoms with van der Waals surface area (Å²) in [7, 11) is 1.67. The van der Waals surface area contributed by atoms with Crippen LogP contribution in [0.1, 0.15) is 33.3 Å². The molecule has 0 spiro atoms. The van der Waals surface area contributed by atoms with Gasteiger partial charge in [-0.2, -0.15) is 0 Å². The van der Waals surface area contributed by atoms with E-state index in [2.05, 4.69) is 68.9 Å². The normalized spacial score (nSPS) is 18.6. The minimum Gasteiger partial charge on any atom is -0.399 e. The molecule has 1 aliphatic heterocycles. The van der Waals surface area contributed by atoms with Gasteiger partial charge < -0.3 is 14.2 Å². The van der Waals surface area contributed by atoms with Gasteiger partial charge in [0.25, 0.3) is 0 Å². The van der Waals surface area contributed by atoms with E-state index in [0.717, 1.165) is 17.7 Å². The molecule has 1 aromatic heterocycles. The second kappa shape index (κ2) is 6.23. The molecule has 0 aliphatic carbocycles. The maximum Gasteiger partial charge on any atom is 0.498 e. The molecular formula is C19H25BN2O2. The first-order valence-electron chi connectivity index (χ1n) is 8.35. The lowest BCUT2D eigenvalue weighted by molar-refractivity contribution is 0.00578.